The second-order valence-corrected chi connectivity index (χ2v) is 4.67. The van der Waals surface area contributed by atoms with Crippen LogP contribution >= 0.6 is 11.3 Å². The van der Waals surface area contributed by atoms with Gasteiger partial charge < -0.3 is 10.6 Å². The fourth-order valence-electron chi connectivity index (χ4n) is 1.80. The molecule has 15 heavy (non-hydrogen) atoms. The highest BCUT2D eigenvalue weighted by atomic mass is 32.1. The second kappa shape index (κ2) is 3.00. The SMILES string of the molecule is Cc1cc2c(cc1C)Nc1cscc1N2. The van der Waals surface area contributed by atoms with E-state index in [4.69, 9.17) is 0 Å². The molecule has 0 atom stereocenters. The Morgan fingerprint density at radius 3 is 1.73 bits per heavy atom. The van der Waals surface area contributed by atoms with Crippen LogP contribution in [-0.4, -0.2) is 0 Å². The first-order valence-electron chi connectivity index (χ1n) is 4.95. The Kier molecular flexibility index (Phi) is 1.76. The van der Waals surface area contributed by atoms with E-state index in [0.717, 1.165) is 0 Å². The second-order valence-electron chi connectivity index (χ2n) is 3.93. The number of aryl methyl sites for hydroxylation is 2. The van der Waals surface area contributed by atoms with Gasteiger partial charge in [0.05, 0.1) is 22.7 Å². The van der Waals surface area contributed by atoms with Crippen LogP contribution < -0.4 is 10.6 Å². The van der Waals surface area contributed by atoms with E-state index >= 15 is 0 Å². The van der Waals surface area contributed by atoms with Gasteiger partial charge in [0.15, 0.2) is 0 Å². The number of hydrogen-bond donors (Lipinski definition) is 2. The predicted molar refractivity (Wildman–Crippen MR) is 66.8 cm³/mol. The van der Waals surface area contributed by atoms with E-state index < -0.39 is 0 Å². The zero-order valence-corrected chi connectivity index (χ0v) is 9.53. The first-order chi connectivity index (χ1) is 7.24. The molecule has 0 aliphatic carbocycles. The lowest BCUT2D eigenvalue weighted by Gasteiger charge is -2.21. The van der Waals surface area contributed by atoms with E-state index in [1.165, 1.54) is 33.9 Å². The van der Waals surface area contributed by atoms with Crippen molar-refractivity contribution in [3.8, 4) is 0 Å². The molecule has 0 spiro atoms. The summed E-state index contributed by atoms with van der Waals surface area (Å²) in [5, 5.41) is 11.1. The maximum absolute atomic E-state index is 3.44. The van der Waals surface area contributed by atoms with Gasteiger partial charge in [0.1, 0.15) is 0 Å². The quantitative estimate of drug-likeness (QED) is 0.589. The highest BCUT2D eigenvalue weighted by Crippen LogP contribution is 2.41. The van der Waals surface area contributed by atoms with Gasteiger partial charge in [-0.15, -0.1) is 11.3 Å². The van der Waals surface area contributed by atoms with Gasteiger partial charge in [-0.2, -0.15) is 0 Å². The molecule has 0 radical (unpaired) electrons. The van der Waals surface area contributed by atoms with E-state index in [9.17, 15) is 0 Å². The summed E-state index contributed by atoms with van der Waals surface area (Å²) < 4.78 is 0. The lowest BCUT2D eigenvalue weighted by molar-refractivity contribution is 1.32. The van der Waals surface area contributed by atoms with Gasteiger partial charge in [0.2, 0.25) is 0 Å². The number of fused-ring (bicyclic) bond motifs is 2. The predicted octanol–water partition coefficient (Wildman–Crippen LogP) is 4.17. The molecule has 1 aliphatic heterocycles. The first-order valence-corrected chi connectivity index (χ1v) is 5.90. The van der Waals surface area contributed by atoms with Crippen LogP contribution in [0.1, 0.15) is 11.1 Å². The van der Waals surface area contributed by atoms with Crippen LogP contribution in [-0.2, 0) is 0 Å². The van der Waals surface area contributed by atoms with Crippen molar-refractivity contribution in [2.24, 2.45) is 0 Å². The molecule has 0 unspecified atom stereocenters. The zero-order valence-electron chi connectivity index (χ0n) is 8.72. The molecule has 1 aromatic carbocycles. The van der Waals surface area contributed by atoms with Crippen LogP contribution in [0.3, 0.4) is 0 Å². The third-order valence-corrected chi connectivity index (χ3v) is 3.58. The van der Waals surface area contributed by atoms with Crippen LogP contribution in [0.4, 0.5) is 22.7 Å². The Balaban J connectivity index is 2.13. The molecule has 0 bridgehead atoms. The van der Waals surface area contributed by atoms with Crippen LogP contribution in [0.5, 0.6) is 0 Å². The van der Waals surface area contributed by atoms with Gasteiger partial charge in [-0.05, 0) is 37.1 Å². The van der Waals surface area contributed by atoms with Gasteiger partial charge in [0.25, 0.3) is 0 Å². The van der Waals surface area contributed by atoms with Crippen molar-refractivity contribution in [1.82, 2.24) is 0 Å². The molecule has 1 aliphatic rings. The van der Waals surface area contributed by atoms with E-state index in [0.29, 0.717) is 0 Å². The Labute approximate surface area is 93.0 Å². The molecule has 0 amide bonds. The minimum absolute atomic E-state index is 1.17. The highest BCUT2D eigenvalue weighted by molar-refractivity contribution is 7.09. The fraction of sp³-hybridized carbons (Fsp3) is 0.167. The Morgan fingerprint density at radius 2 is 1.27 bits per heavy atom. The number of nitrogens with one attached hydrogen (secondary N) is 2. The highest BCUT2D eigenvalue weighted by Gasteiger charge is 2.15. The van der Waals surface area contributed by atoms with E-state index in [1.807, 2.05) is 0 Å². The van der Waals surface area contributed by atoms with Crippen LogP contribution in [0.15, 0.2) is 22.9 Å². The van der Waals surface area contributed by atoms with E-state index in [2.05, 4.69) is 47.4 Å². The number of thiophene rings is 1. The standard InChI is InChI=1S/C12H12N2S/c1-7-3-9-10(4-8(7)2)14-12-6-15-5-11(12)13-9/h3-6,13-14H,1-2H3. The van der Waals surface area contributed by atoms with Gasteiger partial charge in [-0.3, -0.25) is 0 Å². The largest absolute Gasteiger partial charge is 0.351 e. The Bertz CT molecular complexity index is 483. The maximum atomic E-state index is 3.44. The molecule has 0 saturated heterocycles. The van der Waals surface area contributed by atoms with Crippen LogP contribution in [0.2, 0.25) is 0 Å². The van der Waals surface area contributed by atoms with Gasteiger partial charge in [-0.25, -0.2) is 0 Å². The number of benzene rings is 1. The molecule has 3 rings (SSSR count). The molecule has 76 valence electrons. The third-order valence-electron chi connectivity index (χ3n) is 2.83. The number of hydrogen-bond acceptors (Lipinski definition) is 3. The number of rotatable bonds is 0. The maximum Gasteiger partial charge on any atom is 0.0732 e. The molecule has 2 nitrogen and oxygen atoms in total. The lowest BCUT2D eigenvalue weighted by Crippen LogP contribution is -2.05. The number of anilines is 4. The fourth-order valence-corrected chi connectivity index (χ4v) is 2.52. The van der Waals surface area contributed by atoms with Crippen molar-refractivity contribution in [1.29, 1.82) is 0 Å². The first kappa shape index (κ1) is 8.80. The van der Waals surface area contributed by atoms with Crippen molar-refractivity contribution in [3.63, 3.8) is 0 Å². The summed E-state index contributed by atoms with van der Waals surface area (Å²) in [6.07, 6.45) is 0. The smallest absolute Gasteiger partial charge is 0.0732 e. The minimum Gasteiger partial charge on any atom is -0.351 e. The summed E-state index contributed by atoms with van der Waals surface area (Å²) >= 11 is 1.71. The Morgan fingerprint density at radius 1 is 0.800 bits per heavy atom. The average molecular weight is 216 g/mol. The average Bonchev–Trinajstić information content (AvgIpc) is 2.63. The minimum atomic E-state index is 1.17. The zero-order chi connectivity index (χ0) is 10.4. The molecule has 0 fully saturated rings. The normalized spacial score (nSPS) is 12.4. The van der Waals surface area contributed by atoms with Crippen molar-refractivity contribution < 1.29 is 0 Å². The summed E-state index contributed by atoms with van der Waals surface area (Å²) in [5.74, 6) is 0. The molecule has 2 aromatic rings. The van der Waals surface area contributed by atoms with E-state index in [-0.39, 0.29) is 0 Å². The van der Waals surface area contributed by atoms with Crippen molar-refractivity contribution in [2.75, 3.05) is 10.6 Å². The van der Waals surface area contributed by atoms with Crippen LogP contribution in [0, 0.1) is 13.8 Å². The summed E-state index contributed by atoms with van der Waals surface area (Å²) in [6.45, 7) is 4.28. The van der Waals surface area contributed by atoms with Gasteiger partial charge in [-0.1, -0.05) is 0 Å². The molecule has 1 aromatic heterocycles. The molecular weight excluding hydrogens is 204 g/mol. The third kappa shape index (κ3) is 1.31. The molecule has 0 saturated carbocycles. The van der Waals surface area contributed by atoms with Crippen molar-refractivity contribution >= 4 is 34.1 Å². The van der Waals surface area contributed by atoms with Crippen molar-refractivity contribution in [3.05, 3.63) is 34.0 Å². The Hall–Kier alpha value is -1.48. The topological polar surface area (TPSA) is 24.1 Å². The molecule has 2 heterocycles. The summed E-state index contributed by atoms with van der Waals surface area (Å²) in [7, 11) is 0. The monoisotopic (exact) mass is 216 g/mol. The summed E-state index contributed by atoms with van der Waals surface area (Å²) in [5.41, 5.74) is 7.34. The molecule has 2 N–H and O–H groups in total. The van der Waals surface area contributed by atoms with Gasteiger partial charge >= 0.3 is 0 Å². The summed E-state index contributed by atoms with van der Waals surface area (Å²) in [6, 6.07) is 4.39. The molecule has 3 heteroatoms. The summed E-state index contributed by atoms with van der Waals surface area (Å²) in [4.78, 5) is 0. The molecular formula is C12H12N2S. The lowest BCUT2D eigenvalue weighted by atomic mass is 10.1. The van der Waals surface area contributed by atoms with Crippen molar-refractivity contribution in [2.45, 2.75) is 13.8 Å². The van der Waals surface area contributed by atoms with E-state index in [1.54, 1.807) is 11.3 Å². The van der Waals surface area contributed by atoms with Crippen LogP contribution in [0.25, 0.3) is 0 Å². The van der Waals surface area contributed by atoms with Gasteiger partial charge in [0, 0.05) is 10.8 Å².